The molecule has 6 heteroatoms. The second kappa shape index (κ2) is 15.4. The Morgan fingerprint density at radius 2 is 1.51 bits per heavy atom. The second-order valence-electron chi connectivity index (χ2n) is 14.0. The summed E-state index contributed by atoms with van der Waals surface area (Å²) in [6, 6.07) is 23.3. The van der Waals surface area contributed by atoms with Crippen molar-refractivity contribution < 1.29 is 42.3 Å². The number of pyridine rings is 2. The third-order valence-corrected chi connectivity index (χ3v) is 7.46. The van der Waals surface area contributed by atoms with Gasteiger partial charge in [0, 0.05) is 67.6 Å². The van der Waals surface area contributed by atoms with Gasteiger partial charge in [-0.1, -0.05) is 102 Å². The van der Waals surface area contributed by atoms with Gasteiger partial charge < -0.3 is 19.4 Å². The van der Waals surface area contributed by atoms with Gasteiger partial charge in [-0.3, -0.25) is 4.98 Å². The van der Waals surface area contributed by atoms with E-state index in [0.717, 1.165) is 10.8 Å². The first-order valence-corrected chi connectivity index (χ1v) is 16.1. The summed E-state index contributed by atoms with van der Waals surface area (Å²) in [6.45, 7) is 3.13. The third kappa shape index (κ3) is 9.24. The third-order valence-electron chi connectivity index (χ3n) is 7.46. The average molecular weight is 864 g/mol. The Morgan fingerprint density at radius 3 is 2.20 bits per heavy atom. The van der Waals surface area contributed by atoms with Crippen LogP contribution in [0.4, 0.5) is 0 Å². The van der Waals surface area contributed by atoms with Crippen LogP contribution >= 0.6 is 0 Å². The molecule has 4 aromatic heterocycles. The smallest absolute Gasteiger partial charge is 0.120 e. The summed E-state index contributed by atoms with van der Waals surface area (Å²) < 4.78 is 111. The SMILES string of the molecule is [2H]C([2H])([2H])c1ccc(-c2cnc(C([2H])([2H])C(C)(C)C)cn2)[c-]n1.[2H]C([2H])([2H])c1cnc(-c2[c-]ccc3c2oc2ccccc23)cc1-c1ccc(C([2H])([2H])C(C)(C)C)cc1C([2H])([2H])[2H].[Ir]. The number of hydrogen-bond acceptors (Lipinski definition) is 5. The Bertz CT molecular complexity index is 2770. The van der Waals surface area contributed by atoms with Gasteiger partial charge >= 0.3 is 0 Å². The summed E-state index contributed by atoms with van der Waals surface area (Å²) >= 11 is 0. The summed E-state index contributed by atoms with van der Waals surface area (Å²) in [6.07, 6.45) is 3.27. The fourth-order valence-corrected chi connectivity index (χ4v) is 5.40. The summed E-state index contributed by atoms with van der Waals surface area (Å²) in [5.41, 5.74) is 2.21. The first kappa shape index (κ1) is 23.9. The van der Waals surface area contributed by atoms with E-state index in [1.807, 2.05) is 30.3 Å². The van der Waals surface area contributed by atoms with Crippen LogP contribution in [-0.4, -0.2) is 19.9 Å². The molecule has 51 heavy (non-hydrogen) atoms. The van der Waals surface area contributed by atoms with Crippen molar-refractivity contribution in [3.8, 4) is 33.6 Å². The van der Waals surface area contributed by atoms with Gasteiger partial charge in [-0.2, -0.15) is 0 Å². The van der Waals surface area contributed by atoms with E-state index in [-0.39, 0.29) is 59.3 Å². The van der Waals surface area contributed by atoms with E-state index < -0.39 is 44.1 Å². The molecule has 0 spiro atoms. The van der Waals surface area contributed by atoms with Crippen molar-refractivity contribution in [1.29, 1.82) is 0 Å². The van der Waals surface area contributed by atoms with E-state index in [4.69, 9.17) is 22.2 Å². The van der Waals surface area contributed by atoms with Gasteiger partial charge in [0.15, 0.2) is 0 Å². The van der Waals surface area contributed by atoms with Crippen LogP contribution in [-0.2, 0) is 32.9 Å². The van der Waals surface area contributed by atoms with Crippen molar-refractivity contribution in [3.05, 3.63) is 132 Å². The van der Waals surface area contributed by atoms with Crippen LogP contribution in [0.25, 0.3) is 55.6 Å². The van der Waals surface area contributed by atoms with Gasteiger partial charge in [-0.15, -0.1) is 35.9 Å². The van der Waals surface area contributed by atoms with Gasteiger partial charge in [0.2, 0.25) is 0 Å². The van der Waals surface area contributed by atoms with Gasteiger partial charge in [0.05, 0.1) is 11.3 Å². The molecule has 0 aliphatic rings. The first-order chi connectivity index (χ1) is 28.9. The number of rotatable bonds is 5. The molecule has 0 aliphatic heterocycles. The quantitative estimate of drug-likeness (QED) is 0.161. The molecule has 0 saturated carbocycles. The number of para-hydroxylation sites is 1. The van der Waals surface area contributed by atoms with E-state index >= 15 is 0 Å². The molecule has 0 aliphatic carbocycles. The zero-order chi connectivity index (χ0) is 46.7. The van der Waals surface area contributed by atoms with E-state index in [9.17, 15) is 0 Å². The number of aryl methyl sites for hydroxylation is 3. The minimum Gasteiger partial charge on any atom is -0.501 e. The van der Waals surface area contributed by atoms with Crippen LogP contribution < -0.4 is 0 Å². The van der Waals surface area contributed by atoms with Gasteiger partial charge in [-0.25, -0.2) is 0 Å². The van der Waals surface area contributed by atoms with Crippen LogP contribution in [0.15, 0.2) is 95.8 Å². The Kier molecular flexibility index (Phi) is 7.20. The van der Waals surface area contributed by atoms with Crippen LogP contribution in [0.5, 0.6) is 0 Å². The monoisotopic (exact) mass is 864 g/mol. The second-order valence-corrected chi connectivity index (χ2v) is 14.0. The number of benzene rings is 3. The number of fused-ring (bicyclic) bond motifs is 3. The first-order valence-electron chi connectivity index (χ1n) is 22.6. The summed E-state index contributed by atoms with van der Waals surface area (Å²) in [4.78, 5) is 16.6. The molecule has 0 N–H and O–H groups in total. The van der Waals surface area contributed by atoms with Crippen molar-refractivity contribution in [2.24, 2.45) is 10.8 Å². The minimum absolute atomic E-state index is 0. The van der Waals surface area contributed by atoms with Gasteiger partial charge in [0.1, 0.15) is 5.58 Å². The Morgan fingerprint density at radius 1 is 0.725 bits per heavy atom. The number of hydrogen-bond donors (Lipinski definition) is 0. The Labute approximate surface area is 334 Å². The fraction of sp³-hybridized carbons (Fsp3) is 0.289. The molecule has 0 bridgehead atoms. The largest absolute Gasteiger partial charge is 0.501 e. The molecule has 7 rings (SSSR count). The molecule has 0 atom stereocenters. The van der Waals surface area contributed by atoms with Crippen LogP contribution in [0.3, 0.4) is 0 Å². The molecule has 3 aromatic carbocycles. The molecular formula is C45H46IrN4O-2. The van der Waals surface area contributed by atoms with E-state index in [1.165, 1.54) is 42.9 Å². The maximum Gasteiger partial charge on any atom is 0.120 e. The Balaban J connectivity index is 0.000000274. The zero-order valence-electron chi connectivity index (χ0n) is 42.2. The van der Waals surface area contributed by atoms with E-state index in [1.54, 1.807) is 59.7 Å². The maximum absolute atomic E-state index is 8.67. The molecule has 263 valence electrons. The normalized spacial score (nSPS) is 16.7. The van der Waals surface area contributed by atoms with Gasteiger partial charge in [0.25, 0.3) is 0 Å². The standard InChI is InChI=1S/C30H28NO.C15H18N3.Ir/c1-19-15-21(17-30(3,4)5)13-14-22(19)26-16-27(31-18-20(26)2)25-11-8-10-24-23-9-6-7-12-28(23)32-29(24)25;1-11-5-6-12(8-16-11)14-10-17-13(9-18-14)7-15(2,3)4;/h6-10,12-16,18H,17H2,1-5H3;5-6,9-10H,7H2,1-4H3;/q2*-1;/i1D3,2D3,17D2;1D3,7D2;. The van der Waals surface area contributed by atoms with Gasteiger partial charge in [-0.05, 0) is 88.7 Å². The van der Waals surface area contributed by atoms with Crippen LogP contribution in [0, 0.1) is 43.6 Å². The molecule has 7 aromatic rings. The molecule has 0 unspecified atom stereocenters. The Hall–Kier alpha value is -4.51. The predicted octanol–water partition coefficient (Wildman–Crippen LogP) is 11.6. The molecule has 1 radical (unpaired) electrons. The zero-order valence-corrected chi connectivity index (χ0v) is 31.6. The number of nitrogens with zero attached hydrogens (tertiary/aromatic N) is 4. The topological polar surface area (TPSA) is 64.7 Å². The minimum atomic E-state index is -2.64. The molecule has 0 amide bonds. The van der Waals surface area contributed by atoms with E-state index in [0.29, 0.717) is 33.7 Å². The van der Waals surface area contributed by atoms with Crippen molar-refractivity contribution in [1.82, 2.24) is 19.9 Å². The molecule has 4 heterocycles. The summed E-state index contributed by atoms with van der Waals surface area (Å²) in [7, 11) is 0. The summed E-state index contributed by atoms with van der Waals surface area (Å²) in [5, 5.41) is 1.77. The van der Waals surface area contributed by atoms with E-state index in [2.05, 4.69) is 32.2 Å². The van der Waals surface area contributed by atoms with Crippen LogP contribution in [0.1, 0.15) is 87.4 Å². The average Bonchev–Trinajstić information content (AvgIpc) is 3.58. The number of furan rings is 1. The van der Waals surface area contributed by atoms with Crippen LogP contribution in [0.2, 0.25) is 0 Å². The van der Waals surface area contributed by atoms with Crippen molar-refractivity contribution in [3.63, 3.8) is 0 Å². The van der Waals surface area contributed by atoms with Crippen molar-refractivity contribution >= 4 is 21.9 Å². The van der Waals surface area contributed by atoms with Crippen molar-refractivity contribution in [2.75, 3.05) is 0 Å². The fourth-order valence-electron chi connectivity index (χ4n) is 5.40. The number of aromatic nitrogens is 4. The summed E-state index contributed by atoms with van der Waals surface area (Å²) in [5.74, 6) is 0. The predicted molar refractivity (Wildman–Crippen MR) is 206 cm³/mol. The molecule has 0 saturated heterocycles. The maximum atomic E-state index is 8.67. The molecular weight excluding hydrogens is 805 g/mol. The molecule has 0 fully saturated rings. The molecule has 5 nitrogen and oxygen atoms in total. The van der Waals surface area contributed by atoms with Crippen molar-refractivity contribution in [2.45, 2.75) is 74.8 Å².